The molecule has 7 heteroatoms. The third-order valence-electron chi connectivity index (χ3n) is 5.16. The van der Waals surface area contributed by atoms with Gasteiger partial charge in [0.2, 0.25) is 5.91 Å². The van der Waals surface area contributed by atoms with Crippen molar-refractivity contribution in [2.75, 3.05) is 45.7 Å². The number of para-hydroxylation sites is 1. The van der Waals surface area contributed by atoms with Crippen molar-refractivity contribution in [1.29, 1.82) is 0 Å². The lowest BCUT2D eigenvalue weighted by Gasteiger charge is -2.19. The number of aliphatic imine (C=N–C) groups is 1. The number of amides is 1. The van der Waals surface area contributed by atoms with E-state index in [1.165, 1.54) is 0 Å². The second-order valence-electron chi connectivity index (χ2n) is 7.96. The Labute approximate surface area is 185 Å². The van der Waals surface area contributed by atoms with Gasteiger partial charge >= 0.3 is 0 Å². The Morgan fingerprint density at radius 1 is 1.16 bits per heavy atom. The molecule has 2 aromatic rings. The van der Waals surface area contributed by atoms with Gasteiger partial charge in [0.25, 0.3) is 0 Å². The minimum absolute atomic E-state index is 0.0249. The zero-order valence-corrected chi connectivity index (χ0v) is 18.7. The molecular weight excluding hydrogens is 390 g/mol. The highest BCUT2D eigenvalue weighted by molar-refractivity contribution is 5.97. The van der Waals surface area contributed by atoms with E-state index in [-0.39, 0.29) is 11.9 Å². The Hall–Kier alpha value is -3.06. The summed E-state index contributed by atoms with van der Waals surface area (Å²) in [5.41, 5.74) is 2.07. The molecule has 166 valence electrons. The molecule has 1 aliphatic heterocycles. The van der Waals surface area contributed by atoms with E-state index in [0.29, 0.717) is 32.1 Å². The molecule has 0 aliphatic carbocycles. The van der Waals surface area contributed by atoms with Crippen molar-refractivity contribution in [2.24, 2.45) is 4.99 Å². The molecule has 0 saturated carbocycles. The summed E-state index contributed by atoms with van der Waals surface area (Å²) in [6, 6.07) is 17.9. The van der Waals surface area contributed by atoms with Crippen LogP contribution in [-0.4, -0.2) is 63.6 Å². The van der Waals surface area contributed by atoms with Gasteiger partial charge in [-0.2, -0.15) is 0 Å². The summed E-state index contributed by atoms with van der Waals surface area (Å²) in [6.07, 6.45) is 1.46. The van der Waals surface area contributed by atoms with Crippen LogP contribution < -0.4 is 20.3 Å². The first-order valence-electron chi connectivity index (χ1n) is 10.7. The van der Waals surface area contributed by atoms with Gasteiger partial charge in [-0.25, -0.2) is 0 Å². The summed E-state index contributed by atoms with van der Waals surface area (Å²) in [5, 5.41) is 6.70. The Morgan fingerprint density at radius 2 is 1.90 bits per heavy atom. The van der Waals surface area contributed by atoms with Crippen LogP contribution >= 0.6 is 0 Å². The Morgan fingerprint density at radius 3 is 2.58 bits per heavy atom. The lowest BCUT2D eigenvalue weighted by Crippen LogP contribution is -2.44. The molecule has 0 bridgehead atoms. The number of benzene rings is 2. The van der Waals surface area contributed by atoms with Crippen LogP contribution in [0.25, 0.3) is 0 Å². The number of ether oxygens (including phenoxy) is 1. The number of hydrogen-bond acceptors (Lipinski definition) is 4. The molecule has 2 aromatic carbocycles. The van der Waals surface area contributed by atoms with Crippen molar-refractivity contribution in [2.45, 2.75) is 25.4 Å². The molecule has 1 amide bonds. The normalized spacial score (nSPS) is 16.6. The van der Waals surface area contributed by atoms with Crippen LogP contribution in [0.4, 0.5) is 5.69 Å². The van der Waals surface area contributed by atoms with E-state index in [1.807, 2.05) is 47.4 Å². The average Bonchev–Trinajstić information content (AvgIpc) is 3.15. The minimum atomic E-state index is 0.0249. The molecule has 1 atom stereocenters. The Bertz CT molecular complexity index is 852. The molecule has 1 fully saturated rings. The number of carbonyl (C=O) groups is 1. The summed E-state index contributed by atoms with van der Waals surface area (Å²) >= 11 is 0. The molecule has 1 aliphatic rings. The molecular formula is C24H33N5O2. The zero-order chi connectivity index (χ0) is 22.1. The molecule has 2 N–H and O–H groups in total. The second-order valence-corrected chi connectivity index (χ2v) is 7.96. The van der Waals surface area contributed by atoms with Crippen LogP contribution in [0.1, 0.15) is 18.4 Å². The molecule has 1 saturated heterocycles. The SMILES string of the molecule is CN=C(NCc1ccc(OCCCN(C)C)cc1)NC1CC(=O)N(c2ccccc2)C1. The fourth-order valence-corrected chi connectivity index (χ4v) is 3.51. The molecule has 31 heavy (non-hydrogen) atoms. The van der Waals surface area contributed by atoms with Crippen molar-refractivity contribution in [3.63, 3.8) is 0 Å². The van der Waals surface area contributed by atoms with E-state index >= 15 is 0 Å². The third kappa shape index (κ3) is 7.00. The first-order chi connectivity index (χ1) is 15.0. The predicted octanol–water partition coefficient (Wildman–Crippen LogP) is 2.49. The maximum atomic E-state index is 12.4. The summed E-state index contributed by atoms with van der Waals surface area (Å²) < 4.78 is 5.78. The monoisotopic (exact) mass is 423 g/mol. The summed E-state index contributed by atoms with van der Waals surface area (Å²) in [7, 11) is 5.87. The van der Waals surface area contributed by atoms with Crippen LogP contribution in [0, 0.1) is 0 Å². The number of nitrogens with one attached hydrogen (secondary N) is 2. The van der Waals surface area contributed by atoms with E-state index in [9.17, 15) is 4.79 Å². The number of guanidine groups is 1. The largest absolute Gasteiger partial charge is 0.494 e. The van der Waals surface area contributed by atoms with Gasteiger partial charge in [-0.1, -0.05) is 30.3 Å². The quantitative estimate of drug-likeness (QED) is 0.368. The van der Waals surface area contributed by atoms with Gasteiger partial charge in [0.05, 0.1) is 12.6 Å². The maximum absolute atomic E-state index is 12.4. The molecule has 1 unspecified atom stereocenters. The number of rotatable bonds is 9. The van der Waals surface area contributed by atoms with Crippen LogP contribution in [0.5, 0.6) is 5.75 Å². The highest BCUT2D eigenvalue weighted by Gasteiger charge is 2.30. The first-order valence-corrected chi connectivity index (χ1v) is 10.7. The van der Waals surface area contributed by atoms with Gasteiger partial charge in [0, 0.05) is 38.8 Å². The smallest absolute Gasteiger partial charge is 0.229 e. The van der Waals surface area contributed by atoms with Gasteiger partial charge in [0.1, 0.15) is 5.75 Å². The molecule has 1 heterocycles. The fourth-order valence-electron chi connectivity index (χ4n) is 3.51. The molecule has 0 spiro atoms. The van der Waals surface area contributed by atoms with Gasteiger partial charge in [0.15, 0.2) is 5.96 Å². The Balaban J connectivity index is 1.44. The van der Waals surface area contributed by atoms with Crippen molar-refractivity contribution in [3.8, 4) is 5.75 Å². The average molecular weight is 424 g/mol. The van der Waals surface area contributed by atoms with E-state index < -0.39 is 0 Å². The summed E-state index contributed by atoms with van der Waals surface area (Å²) in [6.45, 7) is 3.00. The number of anilines is 1. The van der Waals surface area contributed by atoms with Crippen molar-refractivity contribution in [1.82, 2.24) is 15.5 Å². The maximum Gasteiger partial charge on any atom is 0.229 e. The second kappa shape index (κ2) is 11.4. The molecule has 0 aromatic heterocycles. The standard InChI is InChI=1S/C24H33N5O2/c1-25-24(27-20-16-23(30)29(18-20)21-8-5-4-6-9-21)26-17-19-10-12-22(13-11-19)31-15-7-14-28(2)3/h4-6,8-13,20H,7,14-18H2,1-3H3,(H2,25,26,27). The zero-order valence-electron chi connectivity index (χ0n) is 18.7. The highest BCUT2D eigenvalue weighted by atomic mass is 16.5. The Kier molecular flexibility index (Phi) is 8.29. The van der Waals surface area contributed by atoms with E-state index in [1.54, 1.807) is 7.05 Å². The third-order valence-corrected chi connectivity index (χ3v) is 5.16. The van der Waals surface area contributed by atoms with Crippen LogP contribution in [0.3, 0.4) is 0 Å². The number of nitrogens with zero attached hydrogens (tertiary/aromatic N) is 3. The van der Waals surface area contributed by atoms with Gasteiger partial charge in [-0.3, -0.25) is 9.79 Å². The molecule has 3 rings (SSSR count). The lowest BCUT2D eigenvalue weighted by atomic mass is 10.2. The molecule has 7 nitrogen and oxygen atoms in total. The first kappa shape index (κ1) is 22.6. The summed E-state index contributed by atoms with van der Waals surface area (Å²) in [5.74, 6) is 1.70. The van der Waals surface area contributed by atoms with Crippen molar-refractivity contribution < 1.29 is 9.53 Å². The predicted molar refractivity (Wildman–Crippen MR) is 126 cm³/mol. The van der Waals surface area contributed by atoms with Crippen LogP contribution in [-0.2, 0) is 11.3 Å². The fraction of sp³-hybridized carbons (Fsp3) is 0.417. The van der Waals surface area contributed by atoms with Crippen molar-refractivity contribution >= 4 is 17.6 Å². The van der Waals surface area contributed by atoms with E-state index in [0.717, 1.165) is 30.0 Å². The number of carbonyl (C=O) groups excluding carboxylic acids is 1. The van der Waals surface area contributed by atoms with E-state index in [2.05, 4.69) is 46.8 Å². The van der Waals surface area contributed by atoms with Crippen molar-refractivity contribution in [3.05, 3.63) is 60.2 Å². The lowest BCUT2D eigenvalue weighted by molar-refractivity contribution is -0.117. The van der Waals surface area contributed by atoms with Gasteiger partial charge < -0.3 is 25.2 Å². The number of hydrogen-bond donors (Lipinski definition) is 2. The van der Waals surface area contributed by atoms with Crippen LogP contribution in [0.2, 0.25) is 0 Å². The van der Waals surface area contributed by atoms with E-state index in [4.69, 9.17) is 4.74 Å². The van der Waals surface area contributed by atoms with Gasteiger partial charge in [-0.05, 0) is 50.3 Å². The molecule has 0 radical (unpaired) electrons. The van der Waals surface area contributed by atoms with Crippen LogP contribution in [0.15, 0.2) is 59.6 Å². The topological polar surface area (TPSA) is 69.2 Å². The van der Waals surface area contributed by atoms with Gasteiger partial charge in [-0.15, -0.1) is 0 Å². The highest BCUT2D eigenvalue weighted by Crippen LogP contribution is 2.21. The minimum Gasteiger partial charge on any atom is -0.494 e. The summed E-state index contributed by atoms with van der Waals surface area (Å²) in [4.78, 5) is 20.7.